The summed E-state index contributed by atoms with van der Waals surface area (Å²) in [7, 11) is 0. The normalized spacial score (nSPS) is 21.2. The molecule has 17 heavy (non-hydrogen) atoms. The minimum absolute atomic E-state index is 0.528. The number of ether oxygens (including phenoxy) is 1. The average molecular weight is 295 g/mol. The van der Waals surface area contributed by atoms with Crippen molar-refractivity contribution < 1.29 is 4.74 Å². The molecule has 0 radical (unpaired) electrons. The second-order valence-electron chi connectivity index (χ2n) is 5.32. The molecule has 92 valence electrons. The number of rotatable bonds is 3. The number of benzene rings is 1. The number of alkyl halides is 1. The maximum absolute atomic E-state index is 5.66. The van der Waals surface area contributed by atoms with Crippen molar-refractivity contribution in [2.45, 2.75) is 43.4 Å². The molecule has 3 rings (SSSR count). The van der Waals surface area contributed by atoms with Crippen LogP contribution in [0.25, 0.3) is 0 Å². The molecule has 0 aromatic heterocycles. The number of hydrogen-bond donors (Lipinski definition) is 0. The van der Waals surface area contributed by atoms with Crippen molar-refractivity contribution in [2.24, 2.45) is 5.92 Å². The summed E-state index contributed by atoms with van der Waals surface area (Å²) in [5, 5.41) is 0. The lowest BCUT2D eigenvalue weighted by molar-refractivity contribution is 0.287. The Hall–Kier alpha value is -0.500. The third kappa shape index (κ3) is 2.52. The lowest BCUT2D eigenvalue weighted by Crippen LogP contribution is -2.13. The lowest BCUT2D eigenvalue weighted by Gasteiger charge is -2.28. The molecule has 1 saturated carbocycles. The smallest absolute Gasteiger partial charge is 0.122 e. The van der Waals surface area contributed by atoms with Crippen LogP contribution in [0.3, 0.4) is 0 Å². The molecule has 0 amide bonds. The Balaban J connectivity index is 1.73. The van der Waals surface area contributed by atoms with Crippen LogP contribution < -0.4 is 4.74 Å². The lowest BCUT2D eigenvalue weighted by atomic mass is 9.81. The highest BCUT2D eigenvalue weighted by atomic mass is 79.9. The molecule has 1 atom stereocenters. The SMILES string of the molecule is BrC(CC1CCC1)c1ccc2c(c1)CCCO2. The summed E-state index contributed by atoms with van der Waals surface area (Å²) >= 11 is 3.85. The fourth-order valence-corrected chi connectivity index (χ4v) is 3.55. The Morgan fingerprint density at radius 3 is 2.94 bits per heavy atom. The van der Waals surface area contributed by atoms with Gasteiger partial charge in [0.15, 0.2) is 0 Å². The first-order valence-corrected chi connectivity index (χ1v) is 7.64. The zero-order valence-corrected chi connectivity index (χ0v) is 11.7. The summed E-state index contributed by atoms with van der Waals surface area (Å²) in [5.74, 6) is 2.05. The van der Waals surface area contributed by atoms with E-state index < -0.39 is 0 Å². The van der Waals surface area contributed by atoms with E-state index in [-0.39, 0.29) is 0 Å². The molecule has 0 N–H and O–H groups in total. The van der Waals surface area contributed by atoms with Crippen molar-refractivity contribution in [1.29, 1.82) is 0 Å². The Kier molecular flexibility index (Phi) is 3.41. The predicted molar refractivity (Wildman–Crippen MR) is 73.9 cm³/mol. The highest BCUT2D eigenvalue weighted by molar-refractivity contribution is 9.09. The first-order valence-electron chi connectivity index (χ1n) is 6.72. The molecule has 1 fully saturated rings. The van der Waals surface area contributed by atoms with Crippen LogP contribution in [0, 0.1) is 5.92 Å². The van der Waals surface area contributed by atoms with E-state index in [1.165, 1.54) is 43.2 Å². The van der Waals surface area contributed by atoms with E-state index in [2.05, 4.69) is 34.1 Å². The number of halogens is 1. The summed E-state index contributed by atoms with van der Waals surface area (Å²) in [5.41, 5.74) is 2.83. The standard InChI is InChI=1S/C15H19BrO/c16-14(9-11-3-1-4-11)12-6-7-15-13(10-12)5-2-8-17-15/h6-7,10-11,14H,1-5,8-9H2. The molecule has 1 heterocycles. The van der Waals surface area contributed by atoms with Crippen LogP contribution in [-0.2, 0) is 6.42 Å². The van der Waals surface area contributed by atoms with E-state index in [1.54, 1.807) is 0 Å². The summed E-state index contributed by atoms with van der Waals surface area (Å²) in [6.07, 6.45) is 7.91. The van der Waals surface area contributed by atoms with E-state index in [0.29, 0.717) is 4.83 Å². The maximum Gasteiger partial charge on any atom is 0.122 e. The minimum atomic E-state index is 0.528. The van der Waals surface area contributed by atoms with Crippen LogP contribution in [0.4, 0.5) is 0 Å². The van der Waals surface area contributed by atoms with Gasteiger partial charge in [0.2, 0.25) is 0 Å². The van der Waals surface area contributed by atoms with Crippen molar-refractivity contribution in [3.63, 3.8) is 0 Å². The van der Waals surface area contributed by atoms with Crippen LogP contribution in [0.2, 0.25) is 0 Å². The molecule has 0 spiro atoms. The van der Waals surface area contributed by atoms with Gasteiger partial charge in [-0.2, -0.15) is 0 Å². The van der Waals surface area contributed by atoms with Crippen LogP contribution in [0.5, 0.6) is 5.75 Å². The molecule has 1 aliphatic carbocycles. The molecule has 0 saturated heterocycles. The van der Waals surface area contributed by atoms with Gasteiger partial charge < -0.3 is 4.74 Å². The van der Waals surface area contributed by atoms with E-state index in [4.69, 9.17) is 4.74 Å². The maximum atomic E-state index is 5.66. The molecular formula is C15H19BrO. The van der Waals surface area contributed by atoms with Gasteiger partial charge in [0.25, 0.3) is 0 Å². The van der Waals surface area contributed by atoms with Crippen LogP contribution >= 0.6 is 15.9 Å². The van der Waals surface area contributed by atoms with Gasteiger partial charge in [-0.3, -0.25) is 0 Å². The molecule has 0 bridgehead atoms. The molecule has 2 aliphatic rings. The summed E-state index contributed by atoms with van der Waals surface area (Å²) < 4.78 is 5.66. The van der Waals surface area contributed by atoms with Gasteiger partial charge in [-0.1, -0.05) is 47.3 Å². The number of aryl methyl sites for hydroxylation is 1. The molecule has 1 aromatic carbocycles. The van der Waals surface area contributed by atoms with Gasteiger partial charge in [0, 0.05) is 4.83 Å². The van der Waals surface area contributed by atoms with Crippen molar-refractivity contribution in [3.05, 3.63) is 29.3 Å². The zero-order valence-electron chi connectivity index (χ0n) is 10.1. The monoisotopic (exact) mass is 294 g/mol. The van der Waals surface area contributed by atoms with E-state index in [9.17, 15) is 0 Å². The summed E-state index contributed by atoms with van der Waals surface area (Å²) in [4.78, 5) is 0.528. The van der Waals surface area contributed by atoms with Gasteiger partial charge in [-0.25, -0.2) is 0 Å². The molecule has 1 aliphatic heterocycles. The predicted octanol–water partition coefficient (Wildman–Crippen LogP) is 4.64. The zero-order chi connectivity index (χ0) is 11.7. The minimum Gasteiger partial charge on any atom is -0.493 e. The molecule has 1 unspecified atom stereocenters. The molecule has 1 aromatic rings. The molecule has 2 heteroatoms. The number of hydrogen-bond acceptors (Lipinski definition) is 1. The quantitative estimate of drug-likeness (QED) is 0.738. The molecular weight excluding hydrogens is 276 g/mol. The third-order valence-electron chi connectivity index (χ3n) is 4.06. The Morgan fingerprint density at radius 1 is 1.29 bits per heavy atom. The highest BCUT2D eigenvalue weighted by Gasteiger charge is 2.22. The fraction of sp³-hybridized carbons (Fsp3) is 0.600. The van der Waals surface area contributed by atoms with E-state index >= 15 is 0 Å². The van der Waals surface area contributed by atoms with Gasteiger partial charge in [-0.05, 0) is 42.4 Å². The highest BCUT2D eigenvalue weighted by Crippen LogP contribution is 2.40. The Bertz CT molecular complexity index is 398. The number of fused-ring (bicyclic) bond motifs is 1. The fourth-order valence-electron chi connectivity index (χ4n) is 2.73. The van der Waals surface area contributed by atoms with Crippen LogP contribution in [-0.4, -0.2) is 6.61 Å². The largest absolute Gasteiger partial charge is 0.493 e. The van der Waals surface area contributed by atoms with Gasteiger partial charge in [0.05, 0.1) is 6.61 Å². The summed E-state index contributed by atoms with van der Waals surface area (Å²) in [6, 6.07) is 6.72. The third-order valence-corrected chi connectivity index (χ3v) is 4.96. The molecule has 1 nitrogen and oxygen atoms in total. The van der Waals surface area contributed by atoms with Gasteiger partial charge >= 0.3 is 0 Å². The van der Waals surface area contributed by atoms with E-state index in [1.807, 2.05) is 0 Å². The first-order chi connectivity index (χ1) is 8.33. The van der Waals surface area contributed by atoms with Crippen molar-refractivity contribution in [3.8, 4) is 5.75 Å². The topological polar surface area (TPSA) is 9.23 Å². The van der Waals surface area contributed by atoms with Crippen LogP contribution in [0.1, 0.15) is 48.1 Å². The van der Waals surface area contributed by atoms with Crippen LogP contribution in [0.15, 0.2) is 18.2 Å². The first kappa shape index (κ1) is 11.6. The second-order valence-corrected chi connectivity index (χ2v) is 6.42. The Labute approximate surface area is 112 Å². The average Bonchev–Trinajstić information content (AvgIpc) is 2.33. The van der Waals surface area contributed by atoms with Crippen molar-refractivity contribution in [2.75, 3.05) is 6.61 Å². The van der Waals surface area contributed by atoms with Gasteiger partial charge in [-0.15, -0.1) is 0 Å². The van der Waals surface area contributed by atoms with Gasteiger partial charge in [0.1, 0.15) is 5.75 Å². The van der Waals surface area contributed by atoms with Crippen molar-refractivity contribution >= 4 is 15.9 Å². The summed E-state index contributed by atoms with van der Waals surface area (Å²) in [6.45, 7) is 0.881. The Morgan fingerprint density at radius 2 is 2.18 bits per heavy atom. The van der Waals surface area contributed by atoms with E-state index in [0.717, 1.165) is 24.7 Å². The van der Waals surface area contributed by atoms with Crippen molar-refractivity contribution in [1.82, 2.24) is 0 Å². The second kappa shape index (κ2) is 5.01.